The molecule has 8 heteroatoms. The monoisotopic (exact) mass is 392 g/mol. The average molecular weight is 393 g/mol. The van der Waals surface area contributed by atoms with Gasteiger partial charge in [0, 0.05) is 24.9 Å². The van der Waals surface area contributed by atoms with Crippen LogP contribution in [0.3, 0.4) is 0 Å². The van der Waals surface area contributed by atoms with E-state index in [-0.39, 0.29) is 11.2 Å². The van der Waals surface area contributed by atoms with E-state index in [9.17, 15) is 9.59 Å². The number of aromatic nitrogens is 4. The second kappa shape index (κ2) is 7.32. The largest absolute Gasteiger partial charge is 0.332 e. The van der Waals surface area contributed by atoms with Crippen molar-refractivity contribution in [3.63, 3.8) is 0 Å². The fourth-order valence-electron chi connectivity index (χ4n) is 2.72. The van der Waals surface area contributed by atoms with Crippen LogP contribution in [-0.4, -0.2) is 24.4 Å². The fraction of sp³-hybridized carbons (Fsp3) is 0.389. The molecule has 6 nitrogen and oxygen atoms in total. The minimum atomic E-state index is -0.384. The molecule has 0 bridgehead atoms. The van der Waals surface area contributed by atoms with Crippen LogP contribution in [-0.2, 0) is 20.6 Å². The second-order valence-corrected chi connectivity index (χ2v) is 8.05. The number of thioether (sulfide) groups is 1. The highest BCUT2D eigenvalue weighted by Crippen LogP contribution is 2.26. The first-order chi connectivity index (χ1) is 12.3. The predicted octanol–water partition coefficient (Wildman–Crippen LogP) is 2.88. The maximum Gasteiger partial charge on any atom is 0.332 e. The molecule has 0 fully saturated rings. The highest BCUT2D eigenvalue weighted by molar-refractivity contribution is 7.99. The van der Waals surface area contributed by atoms with Crippen molar-refractivity contribution in [2.45, 2.75) is 25.5 Å². The summed E-state index contributed by atoms with van der Waals surface area (Å²) in [6.45, 7) is 4.68. The van der Waals surface area contributed by atoms with E-state index in [1.807, 2.05) is 28.8 Å². The lowest BCUT2D eigenvalue weighted by Crippen LogP contribution is -2.37. The van der Waals surface area contributed by atoms with E-state index in [0.717, 1.165) is 15.9 Å². The van der Waals surface area contributed by atoms with Gasteiger partial charge in [-0.3, -0.25) is 13.9 Å². The smallest absolute Gasteiger partial charge is 0.309 e. The molecular formula is C18H21ClN4O2S. The van der Waals surface area contributed by atoms with Crippen LogP contribution in [0.4, 0.5) is 0 Å². The van der Waals surface area contributed by atoms with Gasteiger partial charge in [0.15, 0.2) is 16.3 Å². The summed E-state index contributed by atoms with van der Waals surface area (Å²) in [5.74, 6) is 1.33. The zero-order valence-electron chi connectivity index (χ0n) is 15.2. The van der Waals surface area contributed by atoms with Gasteiger partial charge >= 0.3 is 5.69 Å². The molecule has 3 aromatic rings. The van der Waals surface area contributed by atoms with Crippen LogP contribution in [0.1, 0.15) is 19.4 Å². The molecule has 0 saturated heterocycles. The van der Waals surface area contributed by atoms with Crippen molar-refractivity contribution in [1.82, 2.24) is 18.7 Å². The summed E-state index contributed by atoms with van der Waals surface area (Å²) < 4.78 is 4.40. The standard InChI is InChI=1S/C18H21ClN4O2S/c1-11(2)10-26-17-20-15-14(16(24)22(4)18(25)21(15)3)23(17)9-12-7-5-6-8-13(12)19/h5-8,11H,9-10H2,1-4H3. The zero-order chi connectivity index (χ0) is 19.0. The Bertz CT molecular complexity index is 1080. The second-order valence-electron chi connectivity index (χ2n) is 6.65. The molecular weight excluding hydrogens is 372 g/mol. The molecule has 0 aliphatic carbocycles. The Morgan fingerprint density at radius 2 is 1.85 bits per heavy atom. The summed E-state index contributed by atoms with van der Waals surface area (Å²) in [6.07, 6.45) is 0. The molecule has 0 amide bonds. The van der Waals surface area contributed by atoms with Crippen molar-refractivity contribution >= 4 is 34.5 Å². The lowest BCUT2D eigenvalue weighted by molar-refractivity contribution is 0.695. The third-order valence-corrected chi connectivity index (χ3v) is 5.92. The summed E-state index contributed by atoms with van der Waals surface area (Å²) in [6, 6.07) is 7.53. The van der Waals surface area contributed by atoms with Gasteiger partial charge in [-0.2, -0.15) is 0 Å². The maximum atomic E-state index is 12.8. The number of benzene rings is 1. The molecule has 0 saturated carbocycles. The Balaban J connectivity index is 2.26. The van der Waals surface area contributed by atoms with Crippen molar-refractivity contribution in [3.05, 3.63) is 55.7 Å². The van der Waals surface area contributed by atoms with Crippen molar-refractivity contribution in [2.24, 2.45) is 20.0 Å². The van der Waals surface area contributed by atoms with E-state index in [2.05, 4.69) is 18.8 Å². The van der Waals surface area contributed by atoms with Crippen molar-refractivity contribution in [1.29, 1.82) is 0 Å². The van der Waals surface area contributed by atoms with Crippen LogP contribution < -0.4 is 11.2 Å². The van der Waals surface area contributed by atoms with Gasteiger partial charge in [-0.1, -0.05) is 55.4 Å². The van der Waals surface area contributed by atoms with Gasteiger partial charge < -0.3 is 4.57 Å². The van der Waals surface area contributed by atoms with Gasteiger partial charge in [0.05, 0.1) is 6.54 Å². The molecule has 138 valence electrons. The molecule has 2 aromatic heterocycles. The van der Waals surface area contributed by atoms with Gasteiger partial charge in [0.1, 0.15) is 0 Å². The SMILES string of the molecule is CC(C)CSc1nc2c(c(=O)n(C)c(=O)n2C)n1Cc1ccccc1Cl. The number of aryl methyl sites for hydroxylation is 1. The average Bonchev–Trinajstić information content (AvgIpc) is 2.97. The zero-order valence-corrected chi connectivity index (χ0v) is 16.8. The molecule has 26 heavy (non-hydrogen) atoms. The number of halogens is 1. The highest BCUT2D eigenvalue weighted by atomic mass is 35.5. The molecule has 3 rings (SSSR count). The number of hydrogen-bond donors (Lipinski definition) is 0. The first-order valence-corrected chi connectivity index (χ1v) is 9.70. The fourth-order valence-corrected chi connectivity index (χ4v) is 3.86. The van der Waals surface area contributed by atoms with Gasteiger partial charge in [0.2, 0.25) is 0 Å². The number of fused-ring (bicyclic) bond motifs is 1. The molecule has 2 heterocycles. The van der Waals surface area contributed by atoms with Crippen LogP contribution in [0.25, 0.3) is 11.2 Å². The summed E-state index contributed by atoms with van der Waals surface area (Å²) in [5.41, 5.74) is 0.984. The Morgan fingerprint density at radius 3 is 2.50 bits per heavy atom. The van der Waals surface area contributed by atoms with E-state index < -0.39 is 0 Å². The summed E-state index contributed by atoms with van der Waals surface area (Å²) in [7, 11) is 3.12. The van der Waals surface area contributed by atoms with E-state index in [1.165, 1.54) is 11.6 Å². The minimum absolute atomic E-state index is 0.348. The van der Waals surface area contributed by atoms with Crippen molar-refractivity contribution in [2.75, 3.05) is 5.75 Å². The number of imidazole rings is 1. The summed E-state index contributed by atoms with van der Waals surface area (Å²) in [5, 5.41) is 1.35. The van der Waals surface area contributed by atoms with Crippen LogP contribution >= 0.6 is 23.4 Å². The highest BCUT2D eigenvalue weighted by Gasteiger charge is 2.20. The Kier molecular flexibility index (Phi) is 5.29. The van der Waals surface area contributed by atoms with E-state index in [1.54, 1.807) is 18.8 Å². The van der Waals surface area contributed by atoms with E-state index >= 15 is 0 Å². The normalized spacial score (nSPS) is 11.6. The molecule has 0 aliphatic rings. The van der Waals surface area contributed by atoms with Gasteiger partial charge in [-0.15, -0.1) is 0 Å². The van der Waals surface area contributed by atoms with Crippen LogP contribution in [0.2, 0.25) is 5.02 Å². The third kappa shape index (κ3) is 3.33. The minimum Gasteiger partial charge on any atom is -0.309 e. The first-order valence-electron chi connectivity index (χ1n) is 8.33. The van der Waals surface area contributed by atoms with Crippen molar-refractivity contribution < 1.29 is 0 Å². The Morgan fingerprint density at radius 1 is 1.15 bits per heavy atom. The molecule has 0 N–H and O–H groups in total. The lowest BCUT2D eigenvalue weighted by Gasteiger charge is -2.11. The van der Waals surface area contributed by atoms with Gasteiger partial charge in [-0.05, 0) is 17.5 Å². The molecule has 0 unspecified atom stereocenters. The molecule has 0 aliphatic heterocycles. The summed E-state index contributed by atoms with van der Waals surface area (Å²) >= 11 is 7.90. The molecule has 1 aromatic carbocycles. The quantitative estimate of drug-likeness (QED) is 0.626. The van der Waals surface area contributed by atoms with Crippen molar-refractivity contribution in [3.8, 4) is 0 Å². The number of nitrogens with zero attached hydrogens (tertiary/aromatic N) is 4. The molecule has 0 spiro atoms. The lowest BCUT2D eigenvalue weighted by atomic mass is 10.2. The summed E-state index contributed by atoms with van der Waals surface area (Å²) in [4.78, 5) is 29.7. The first kappa shape index (κ1) is 18.8. The van der Waals surface area contributed by atoms with Gasteiger partial charge in [-0.25, -0.2) is 9.78 Å². The predicted molar refractivity (Wildman–Crippen MR) is 106 cm³/mol. The van der Waals surface area contributed by atoms with Gasteiger partial charge in [0.25, 0.3) is 5.56 Å². The maximum absolute atomic E-state index is 12.8. The number of rotatable bonds is 5. The Hall–Kier alpha value is -1.99. The van der Waals surface area contributed by atoms with Crippen LogP contribution in [0, 0.1) is 5.92 Å². The van der Waals surface area contributed by atoms with Crippen LogP contribution in [0.5, 0.6) is 0 Å². The van der Waals surface area contributed by atoms with E-state index in [4.69, 9.17) is 11.6 Å². The molecule has 0 radical (unpaired) electrons. The molecule has 0 atom stereocenters. The van der Waals surface area contributed by atoms with E-state index in [0.29, 0.717) is 33.8 Å². The third-order valence-electron chi connectivity index (χ3n) is 4.15. The number of hydrogen-bond acceptors (Lipinski definition) is 4. The van der Waals surface area contributed by atoms with Crippen LogP contribution in [0.15, 0.2) is 39.0 Å². The Labute approximate surface area is 160 Å². The topological polar surface area (TPSA) is 61.8 Å².